The van der Waals surface area contributed by atoms with Crippen molar-refractivity contribution in [2.75, 3.05) is 20.3 Å². The maximum absolute atomic E-state index is 12.9. The highest BCUT2D eigenvalue weighted by molar-refractivity contribution is 7.16. The summed E-state index contributed by atoms with van der Waals surface area (Å²) in [7, 11) is 1.57. The minimum atomic E-state index is -0.0944. The van der Waals surface area contributed by atoms with Crippen LogP contribution in [0.1, 0.15) is 22.2 Å². The van der Waals surface area contributed by atoms with Crippen LogP contribution in [0.3, 0.4) is 0 Å². The number of benzene rings is 1. The third-order valence-electron chi connectivity index (χ3n) is 3.32. The topological polar surface area (TPSA) is 38.8 Å². The fourth-order valence-electron chi connectivity index (χ4n) is 2.26. The lowest BCUT2D eigenvalue weighted by Crippen LogP contribution is -2.30. The number of methoxy groups -OCH3 is 1. The molecule has 0 radical (unpaired) electrons. The average molecular weight is 366 g/mol. The normalized spacial score (nSPS) is 10.3. The smallest absolute Gasteiger partial charge is 0.254 e. The minimum absolute atomic E-state index is 0.0944. The lowest BCUT2D eigenvalue weighted by Gasteiger charge is -2.21. The van der Waals surface area contributed by atoms with E-state index in [4.69, 9.17) is 21.1 Å². The largest absolute Gasteiger partial charge is 0.493 e. The summed E-state index contributed by atoms with van der Waals surface area (Å²) in [6, 6.07) is 8.95. The first-order valence-corrected chi connectivity index (χ1v) is 8.73. The lowest BCUT2D eigenvalue weighted by atomic mass is 10.1. The molecule has 6 heteroatoms. The van der Waals surface area contributed by atoms with Gasteiger partial charge in [0, 0.05) is 17.0 Å². The monoisotopic (exact) mass is 365 g/mol. The van der Waals surface area contributed by atoms with E-state index in [0.29, 0.717) is 41.1 Å². The van der Waals surface area contributed by atoms with E-state index in [1.807, 2.05) is 19.1 Å². The zero-order valence-electron chi connectivity index (χ0n) is 13.8. The van der Waals surface area contributed by atoms with Crippen LogP contribution in [0.2, 0.25) is 4.34 Å². The van der Waals surface area contributed by atoms with Crippen molar-refractivity contribution in [2.24, 2.45) is 0 Å². The van der Waals surface area contributed by atoms with Crippen LogP contribution >= 0.6 is 22.9 Å². The maximum Gasteiger partial charge on any atom is 0.254 e. The molecule has 0 saturated heterocycles. The van der Waals surface area contributed by atoms with Crippen LogP contribution in [0.15, 0.2) is 43.0 Å². The Balaban J connectivity index is 2.25. The van der Waals surface area contributed by atoms with Crippen molar-refractivity contribution >= 4 is 28.8 Å². The lowest BCUT2D eigenvalue weighted by molar-refractivity contribution is 0.0763. The number of thiophene rings is 1. The first kappa shape index (κ1) is 18.4. The number of halogens is 1. The van der Waals surface area contributed by atoms with E-state index >= 15 is 0 Å². The van der Waals surface area contributed by atoms with Crippen LogP contribution < -0.4 is 9.47 Å². The molecule has 1 amide bonds. The van der Waals surface area contributed by atoms with Crippen LogP contribution in [0.5, 0.6) is 11.5 Å². The SMILES string of the molecule is C=CCN(Cc1ccc(Cl)s1)C(=O)c1ccc(OC)c(OCC)c1. The molecule has 0 saturated carbocycles. The highest BCUT2D eigenvalue weighted by Gasteiger charge is 2.18. The molecule has 0 aliphatic heterocycles. The van der Waals surface area contributed by atoms with Gasteiger partial charge in [0.15, 0.2) is 11.5 Å². The summed E-state index contributed by atoms with van der Waals surface area (Å²) in [6.45, 7) is 7.06. The first-order valence-electron chi connectivity index (χ1n) is 7.54. The molecule has 128 valence electrons. The second kappa shape index (κ2) is 8.76. The summed E-state index contributed by atoms with van der Waals surface area (Å²) in [5.74, 6) is 1.07. The van der Waals surface area contributed by atoms with Gasteiger partial charge in [0.05, 0.1) is 24.6 Å². The van der Waals surface area contributed by atoms with Gasteiger partial charge >= 0.3 is 0 Å². The summed E-state index contributed by atoms with van der Waals surface area (Å²) in [5, 5.41) is 0. The summed E-state index contributed by atoms with van der Waals surface area (Å²) < 4.78 is 11.5. The number of carbonyl (C=O) groups is 1. The van der Waals surface area contributed by atoms with Crippen molar-refractivity contribution in [3.8, 4) is 11.5 Å². The standard InChI is InChI=1S/C18H20ClNO3S/c1-4-10-20(12-14-7-9-17(19)24-14)18(21)13-6-8-15(22-3)16(11-13)23-5-2/h4,6-9,11H,1,5,10,12H2,2-3H3. The number of carbonyl (C=O) groups excluding carboxylic acids is 1. The molecule has 2 aromatic rings. The summed E-state index contributed by atoms with van der Waals surface area (Å²) in [6.07, 6.45) is 1.71. The van der Waals surface area contributed by atoms with Gasteiger partial charge in [-0.05, 0) is 37.3 Å². The quantitative estimate of drug-likeness (QED) is 0.640. The number of rotatable bonds is 8. The summed E-state index contributed by atoms with van der Waals surface area (Å²) >= 11 is 7.44. The van der Waals surface area contributed by atoms with Crippen molar-refractivity contribution in [1.82, 2.24) is 4.90 Å². The first-order chi connectivity index (χ1) is 11.6. The molecule has 0 fully saturated rings. The van der Waals surface area contributed by atoms with Crippen LogP contribution in [0.25, 0.3) is 0 Å². The van der Waals surface area contributed by atoms with Gasteiger partial charge in [0.2, 0.25) is 0 Å². The zero-order valence-corrected chi connectivity index (χ0v) is 15.3. The molecule has 1 heterocycles. The molecule has 1 aromatic heterocycles. The van der Waals surface area contributed by atoms with E-state index in [9.17, 15) is 4.79 Å². The van der Waals surface area contributed by atoms with Crippen molar-refractivity contribution in [2.45, 2.75) is 13.5 Å². The van der Waals surface area contributed by atoms with Gasteiger partial charge in [-0.15, -0.1) is 17.9 Å². The fraction of sp³-hybridized carbons (Fsp3) is 0.278. The molecular weight excluding hydrogens is 346 g/mol. The molecule has 0 unspecified atom stereocenters. The van der Waals surface area contributed by atoms with Crippen LogP contribution in [0.4, 0.5) is 0 Å². The molecule has 1 aromatic carbocycles. The average Bonchev–Trinajstić information content (AvgIpc) is 2.99. The van der Waals surface area contributed by atoms with Crippen molar-refractivity contribution in [3.05, 3.63) is 57.8 Å². The van der Waals surface area contributed by atoms with Gasteiger partial charge in [-0.25, -0.2) is 0 Å². The molecular formula is C18H20ClNO3S. The van der Waals surface area contributed by atoms with Crippen LogP contribution in [-0.4, -0.2) is 31.1 Å². The van der Waals surface area contributed by atoms with Gasteiger partial charge in [-0.3, -0.25) is 4.79 Å². The fourth-order valence-corrected chi connectivity index (χ4v) is 3.36. The van der Waals surface area contributed by atoms with E-state index in [-0.39, 0.29) is 5.91 Å². The third-order valence-corrected chi connectivity index (χ3v) is 4.54. The summed E-state index contributed by atoms with van der Waals surface area (Å²) in [4.78, 5) is 15.6. The van der Waals surface area contributed by atoms with E-state index in [0.717, 1.165) is 4.88 Å². The van der Waals surface area contributed by atoms with Crippen LogP contribution in [0, 0.1) is 0 Å². The Morgan fingerprint density at radius 3 is 2.71 bits per heavy atom. The highest BCUT2D eigenvalue weighted by Crippen LogP contribution is 2.29. The van der Waals surface area contributed by atoms with E-state index in [1.165, 1.54) is 11.3 Å². The molecule has 2 rings (SSSR count). The number of ether oxygens (including phenoxy) is 2. The molecule has 4 nitrogen and oxygen atoms in total. The second-order valence-corrected chi connectivity index (χ2v) is 6.78. The van der Waals surface area contributed by atoms with Crippen molar-refractivity contribution in [1.29, 1.82) is 0 Å². The molecule has 0 bridgehead atoms. The van der Waals surface area contributed by atoms with Crippen molar-refractivity contribution < 1.29 is 14.3 Å². The highest BCUT2D eigenvalue weighted by atomic mass is 35.5. The summed E-state index contributed by atoms with van der Waals surface area (Å²) in [5.41, 5.74) is 0.545. The molecule has 0 aliphatic carbocycles. The Kier molecular flexibility index (Phi) is 6.70. The molecule has 0 atom stereocenters. The molecule has 0 spiro atoms. The Hall–Kier alpha value is -1.98. The van der Waals surface area contributed by atoms with Crippen LogP contribution in [-0.2, 0) is 6.54 Å². The van der Waals surface area contributed by atoms with Gasteiger partial charge < -0.3 is 14.4 Å². The zero-order chi connectivity index (χ0) is 17.5. The molecule has 0 aliphatic rings. The molecule has 0 N–H and O–H groups in total. The number of nitrogens with zero attached hydrogens (tertiary/aromatic N) is 1. The van der Waals surface area contributed by atoms with E-state index < -0.39 is 0 Å². The third kappa shape index (κ3) is 4.52. The Labute approximate surface area is 151 Å². The predicted octanol–water partition coefficient (Wildman–Crippen LogP) is 4.64. The van der Waals surface area contributed by atoms with Gasteiger partial charge in [0.25, 0.3) is 5.91 Å². The number of hydrogen-bond acceptors (Lipinski definition) is 4. The second-order valence-electron chi connectivity index (χ2n) is 4.98. The predicted molar refractivity (Wildman–Crippen MR) is 98.4 cm³/mol. The Morgan fingerprint density at radius 2 is 2.12 bits per heavy atom. The molecule has 24 heavy (non-hydrogen) atoms. The van der Waals surface area contributed by atoms with E-state index in [1.54, 1.807) is 36.3 Å². The number of amides is 1. The minimum Gasteiger partial charge on any atom is -0.493 e. The number of hydrogen-bond donors (Lipinski definition) is 0. The Bertz CT molecular complexity index is 714. The maximum atomic E-state index is 12.9. The Morgan fingerprint density at radius 1 is 1.33 bits per heavy atom. The van der Waals surface area contributed by atoms with Gasteiger partial charge in [0.1, 0.15) is 0 Å². The van der Waals surface area contributed by atoms with Gasteiger partial charge in [-0.2, -0.15) is 0 Å². The van der Waals surface area contributed by atoms with Gasteiger partial charge in [-0.1, -0.05) is 17.7 Å². The van der Waals surface area contributed by atoms with Crippen molar-refractivity contribution in [3.63, 3.8) is 0 Å². The van der Waals surface area contributed by atoms with E-state index in [2.05, 4.69) is 6.58 Å².